The number of ether oxygens (including phenoxy) is 1. The van der Waals surface area contributed by atoms with E-state index in [2.05, 4.69) is 9.72 Å². The van der Waals surface area contributed by atoms with Crippen LogP contribution in [0.2, 0.25) is 0 Å². The Morgan fingerprint density at radius 3 is 2.63 bits per heavy atom. The predicted octanol–water partition coefficient (Wildman–Crippen LogP) is 0.325. The Morgan fingerprint density at radius 2 is 2.16 bits per heavy atom. The van der Waals surface area contributed by atoms with E-state index in [-0.39, 0.29) is 23.7 Å². The van der Waals surface area contributed by atoms with Gasteiger partial charge in [0, 0.05) is 19.3 Å². The van der Waals surface area contributed by atoms with Crippen molar-refractivity contribution in [3.05, 3.63) is 18.0 Å². The quantitative estimate of drug-likeness (QED) is 0.815. The van der Waals surface area contributed by atoms with Crippen molar-refractivity contribution in [2.24, 2.45) is 0 Å². The van der Waals surface area contributed by atoms with E-state index in [1.807, 2.05) is 0 Å². The molecule has 7 nitrogen and oxygen atoms in total. The first-order valence-corrected chi connectivity index (χ1v) is 6.60. The normalized spacial score (nSPS) is 17.6. The van der Waals surface area contributed by atoms with Crippen LogP contribution in [-0.4, -0.2) is 54.6 Å². The summed E-state index contributed by atoms with van der Waals surface area (Å²) in [5.41, 5.74) is -0.264. The van der Waals surface area contributed by atoms with Crippen LogP contribution in [0.1, 0.15) is 10.5 Å². The minimum Gasteiger partial charge on any atom is -0.477 e. The Labute approximate surface area is 106 Å². The van der Waals surface area contributed by atoms with E-state index in [0.717, 1.165) is 16.6 Å². The molecular weight excluding hydrogens is 286 g/mol. The minimum atomic E-state index is -3.87. The molecule has 0 unspecified atom stereocenters. The number of halogens is 2. The van der Waals surface area contributed by atoms with Crippen LogP contribution in [0, 0.1) is 0 Å². The van der Waals surface area contributed by atoms with Gasteiger partial charge >= 0.3 is 12.6 Å². The van der Waals surface area contributed by atoms with Gasteiger partial charge in [-0.3, -0.25) is 0 Å². The van der Waals surface area contributed by atoms with Gasteiger partial charge < -0.3 is 14.8 Å². The van der Waals surface area contributed by atoms with Crippen molar-refractivity contribution in [3.63, 3.8) is 0 Å². The molecule has 1 fully saturated rings. The van der Waals surface area contributed by atoms with E-state index in [0.29, 0.717) is 0 Å². The van der Waals surface area contributed by atoms with Gasteiger partial charge in [0.2, 0.25) is 10.0 Å². The Hall–Kier alpha value is -1.52. The molecule has 0 radical (unpaired) electrons. The number of sulfonamides is 1. The second kappa shape index (κ2) is 4.87. The lowest BCUT2D eigenvalue weighted by atomic mass is 10.2. The van der Waals surface area contributed by atoms with Gasteiger partial charge in [-0.25, -0.2) is 13.2 Å². The molecule has 106 valence electrons. The van der Waals surface area contributed by atoms with Gasteiger partial charge in [-0.15, -0.1) is 0 Å². The molecule has 2 heterocycles. The van der Waals surface area contributed by atoms with Crippen molar-refractivity contribution in [1.82, 2.24) is 9.29 Å². The molecule has 0 aromatic carbocycles. The first-order valence-electron chi connectivity index (χ1n) is 5.16. The van der Waals surface area contributed by atoms with Crippen molar-refractivity contribution < 1.29 is 31.8 Å². The van der Waals surface area contributed by atoms with Crippen LogP contribution >= 0.6 is 0 Å². The predicted molar refractivity (Wildman–Crippen MR) is 57.4 cm³/mol. The molecule has 0 atom stereocenters. The Bertz CT molecular complexity index is 579. The fourth-order valence-electron chi connectivity index (χ4n) is 1.62. The topological polar surface area (TPSA) is 99.7 Å². The molecule has 0 amide bonds. The zero-order valence-corrected chi connectivity index (χ0v) is 10.2. The summed E-state index contributed by atoms with van der Waals surface area (Å²) in [6.45, 7) is -3.30. The number of carboxylic acids is 1. The van der Waals surface area contributed by atoms with Gasteiger partial charge in [-0.2, -0.15) is 13.1 Å². The number of hydrogen-bond acceptors (Lipinski definition) is 4. The smallest absolute Gasteiger partial charge is 0.352 e. The zero-order chi connectivity index (χ0) is 14.2. The summed E-state index contributed by atoms with van der Waals surface area (Å²) in [5.74, 6) is -1.29. The number of aromatic amines is 1. The van der Waals surface area contributed by atoms with Crippen molar-refractivity contribution in [2.75, 3.05) is 13.1 Å². The van der Waals surface area contributed by atoms with Gasteiger partial charge in [0.1, 0.15) is 10.6 Å². The number of aromatic carboxylic acids is 1. The molecule has 2 N–H and O–H groups in total. The van der Waals surface area contributed by atoms with Crippen LogP contribution in [-0.2, 0) is 14.8 Å². The summed E-state index contributed by atoms with van der Waals surface area (Å²) in [6.07, 6.45) is 0.202. The maximum atomic E-state index is 12.0. The SMILES string of the molecule is O=C(O)c1cc(S(=O)(=O)N2CC(OC(F)F)C2)c[nH]1. The van der Waals surface area contributed by atoms with E-state index < -0.39 is 28.7 Å². The number of alkyl halides is 2. The highest BCUT2D eigenvalue weighted by atomic mass is 32.2. The molecule has 1 aromatic rings. The lowest BCUT2D eigenvalue weighted by molar-refractivity contribution is -0.185. The molecule has 0 bridgehead atoms. The number of nitrogens with one attached hydrogen (secondary N) is 1. The lowest BCUT2D eigenvalue weighted by Gasteiger charge is -2.37. The van der Waals surface area contributed by atoms with Gasteiger partial charge in [0.25, 0.3) is 0 Å². The van der Waals surface area contributed by atoms with Crippen molar-refractivity contribution >= 4 is 16.0 Å². The Balaban J connectivity index is 2.05. The summed E-state index contributed by atoms with van der Waals surface area (Å²) >= 11 is 0. The van der Waals surface area contributed by atoms with Crippen LogP contribution in [0.15, 0.2) is 17.2 Å². The molecule has 10 heteroatoms. The Kier molecular flexibility index (Phi) is 3.56. The van der Waals surface area contributed by atoms with Gasteiger partial charge in [0.05, 0.1) is 6.10 Å². The third-order valence-electron chi connectivity index (χ3n) is 2.63. The highest BCUT2D eigenvalue weighted by Gasteiger charge is 2.39. The van der Waals surface area contributed by atoms with Crippen molar-refractivity contribution in [1.29, 1.82) is 0 Å². The van der Waals surface area contributed by atoms with E-state index in [9.17, 15) is 22.0 Å². The lowest BCUT2D eigenvalue weighted by Crippen LogP contribution is -2.54. The largest absolute Gasteiger partial charge is 0.477 e. The number of aromatic nitrogens is 1. The maximum absolute atomic E-state index is 12.0. The van der Waals surface area contributed by atoms with E-state index in [1.165, 1.54) is 0 Å². The summed E-state index contributed by atoms with van der Waals surface area (Å²) < 4.78 is 52.8. The molecule has 1 aliphatic rings. The molecule has 0 spiro atoms. The minimum absolute atomic E-state index is 0.180. The summed E-state index contributed by atoms with van der Waals surface area (Å²) in [7, 11) is -3.87. The highest BCUT2D eigenvalue weighted by molar-refractivity contribution is 7.89. The van der Waals surface area contributed by atoms with Crippen molar-refractivity contribution in [3.8, 4) is 0 Å². The molecule has 1 aliphatic heterocycles. The summed E-state index contributed by atoms with van der Waals surface area (Å²) in [4.78, 5) is 12.7. The third-order valence-corrected chi connectivity index (χ3v) is 4.44. The van der Waals surface area contributed by atoms with Crippen LogP contribution in [0.3, 0.4) is 0 Å². The summed E-state index contributed by atoms with van der Waals surface area (Å²) in [6, 6.07) is 0.971. The molecule has 1 aromatic heterocycles. The average molecular weight is 296 g/mol. The summed E-state index contributed by atoms with van der Waals surface area (Å²) in [5, 5.41) is 8.67. The molecular formula is C9H10F2N2O5S. The van der Waals surface area contributed by atoms with Crippen LogP contribution in [0.25, 0.3) is 0 Å². The highest BCUT2D eigenvalue weighted by Crippen LogP contribution is 2.24. The average Bonchev–Trinajstić information content (AvgIpc) is 2.71. The van der Waals surface area contributed by atoms with Crippen LogP contribution < -0.4 is 0 Å². The van der Waals surface area contributed by atoms with E-state index in [4.69, 9.17) is 5.11 Å². The first-order chi connectivity index (χ1) is 8.80. The maximum Gasteiger partial charge on any atom is 0.352 e. The standard InChI is InChI=1S/C9H10F2N2O5S/c10-9(11)18-5-3-13(4-5)19(16,17)6-1-7(8(14)15)12-2-6/h1-2,5,9,12H,3-4H2,(H,14,15). The van der Waals surface area contributed by atoms with Crippen LogP contribution in [0.5, 0.6) is 0 Å². The Morgan fingerprint density at radius 1 is 1.53 bits per heavy atom. The number of H-pyrrole nitrogens is 1. The zero-order valence-electron chi connectivity index (χ0n) is 9.42. The third kappa shape index (κ3) is 2.74. The van der Waals surface area contributed by atoms with Crippen LogP contribution in [0.4, 0.5) is 8.78 Å². The van der Waals surface area contributed by atoms with E-state index >= 15 is 0 Å². The number of hydrogen-bond donors (Lipinski definition) is 2. The number of nitrogens with zero attached hydrogens (tertiary/aromatic N) is 1. The van der Waals surface area contributed by atoms with Gasteiger partial charge in [-0.05, 0) is 6.07 Å². The first kappa shape index (κ1) is 13.9. The molecule has 19 heavy (non-hydrogen) atoms. The van der Waals surface area contributed by atoms with Gasteiger partial charge in [0.15, 0.2) is 0 Å². The molecule has 1 saturated heterocycles. The molecule has 0 aliphatic carbocycles. The van der Waals surface area contributed by atoms with Crippen molar-refractivity contribution in [2.45, 2.75) is 17.6 Å². The number of rotatable bonds is 5. The molecule has 2 rings (SSSR count). The monoisotopic (exact) mass is 296 g/mol. The van der Waals surface area contributed by atoms with E-state index in [1.54, 1.807) is 0 Å². The second-order valence-corrected chi connectivity index (χ2v) is 5.83. The number of carbonyl (C=O) groups is 1. The fraction of sp³-hybridized carbons (Fsp3) is 0.444. The second-order valence-electron chi connectivity index (χ2n) is 3.89. The number of carboxylic acid groups (broad SMARTS) is 1. The molecule has 0 saturated carbocycles. The van der Waals surface area contributed by atoms with Gasteiger partial charge in [-0.1, -0.05) is 0 Å². The fourth-order valence-corrected chi connectivity index (χ4v) is 3.12.